The van der Waals surface area contributed by atoms with Crippen LogP contribution in [0.25, 0.3) is 6.08 Å². The second-order valence-corrected chi connectivity index (χ2v) is 8.72. The lowest BCUT2D eigenvalue weighted by Crippen LogP contribution is -2.40. The molecular weight excluding hydrogens is 458 g/mol. The average Bonchev–Trinajstić information content (AvgIpc) is 3.11. The van der Waals surface area contributed by atoms with E-state index >= 15 is 0 Å². The van der Waals surface area contributed by atoms with Gasteiger partial charge in [0, 0.05) is 10.0 Å². The highest BCUT2D eigenvalue weighted by atomic mass is 79.9. The van der Waals surface area contributed by atoms with Crippen LogP contribution in [0.4, 0.5) is 0 Å². The molecule has 2 heterocycles. The van der Waals surface area contributed by atoms with Crippen LogP contribution in [-0.4, -0.2) is 10.3 Å². The van der Waals surface area contributed by atoms with Crippen LogP contribution < -0.4 is 14.9 Å². The van der Waals surface area contributed by atoms with Gasteiger partial charge in [-0.1, -0.05) is 106 Å². The van der Waals surface area contributed by atoms with Gasteiger partial charge in [-0.25, -0.2) is 0 Å². The Labute approximate surface area is 185 Å². The minimum atomic E-state index is -0.328. The summed E-state index contributed by atoms with van der Waals surface area (Å²) in [6, 6.07) is 27.4. The van der Waals surface area contributed by atoms with Crippen molar-refractivity contribution in [2.75, 3.05) is 0 Å². The first-order valence-electron chi connectivity index (χ1n) is 9.46. The number of benzene rings is 3. The summed E-state index contributed by atoms with van der Waals surface area (Å²) in [5.74, 6) is 0. The minimum Gasteiger partial charge on any atom is -0.268 e. The van der Waals surface area contributed by atoms with Gasteiger partial charge in [-0.3, -0.25) is 9.36 Å². The highest BCUT2D eigenvalue weighted by Gasteiger charge is 2.28. The van der Waals surface area contributed by atoms with Crippen LogP contribution in [0.1, 0.15) is 22.7 Å². The Bertz CT molecular complexity index is 1420. The topological polar surface area (TPSA) is 46.7 Å². The van der Waals surface area contributed by atoms with E-state index in [1.165, 1.54) is 11.3 Å². The van der Waals surface area contributed by atoms with Crippen molar-refractivity contribution in [2.45, 2.75) is 6.04 Å². The molecule has 0 saturated heterocycles. The standard InChI is InChI=1S/C24H16BrN3OS/c25-19-14-8-7-13-18(19)15-20-23(29)28-22(17-11-5-2-6-12-17)21(26-27-24(28)30-20)16-9-3-1-4-10-16/h1-15,22H/b20-15+/t22-/m0/s1. The van der Waals surface area contributed by atoms with Crippen LogP contribution >= 0.6 is 27.3 Å². The smallest absolute Gasteiger partial charge is 0.268 e. The van der Waals surface area contributed by atoms with Gasteiger partial charge in [0.2, 0.25) is 4.80 Å². The van der Waals surface area contributed by atoms with E-state index in [1.807, 2.05) is 91.0 Å². The van der Waals surface area contributed by atoms with Crippen LogP contribution in [0.3, 0.4) is 0 Å². The number of hydrogen-bond donors (Lipinski definition) is 0. The molecule has 0 radical (unpaired) electrons. The third kappa shape index (κ3) is 3.38. The molecule has 0 fully saturated rings. The zero-order chi connectivity index (χ0) is 20.5. The summed E-state index contributed by atoms with van der Waals surface area (Å²) in [4.78, 5) is 14.1. The Balaban J connectivity index is 1.74. The summed E-state index contributed by atoms with van der Waals surface area (Å²) in [6.07, 6.45) is 1.90. The molecule has 0 N–H and O–H groups in total. The van der Waals surface area contributed by atoms with Crippen molar-refractivity contribution in [2.24, 2.45) is 10.2 Å². The molecule has 5 rings (SSSR count). The monoisotopic (exact) mass is 473 g/mol. The van der Waals surface area contributed by atoms with E-state index < -0.39 is 0 Å². The second-order valence-electron chi connectivity index (χ2n) is 6.85. The molecule has 4 aromatic rings. The van der Waals surface area contributed by atoms with E-state index in [4.69, 9.17) is 0 Å². The normalized spacial score (nSPS) is 16.0. The van der Waals surface area contributed by atoms with Crippen LogP contribution in [0.5, 0.6) is 0 Å². The number of nitrogens with zero attached hydrogens (tertiary/aromatic N) is 3. The maximum atomic E-state index is 13.5. The summed E-state index contributed by atoms with van der Waals surface area (Å²) in [6.45, 7) is 0. The number of fused-ring (bicyclic) bond motifs is 1. The number of aromatic nitrogens is 1. The van der Waals surface area contributed by atoms with Crippen molar-refractivity contribution in [3.8, 4) is 0 Å². The lowest BCUT2D eigenvalue weighted by molar-refractivity contribution is 0.657. The van der Waals surface area contributed by atoms with Crippen molar-refractivity contribution in [1.29, 1.82) is 0 Å². The van der Waals surface area contributed by atoms with Gasteiger partial charge in [0.15, 0.2) is 0 Å². The van der Waals surface area contributed by atoms with Gasteiger partial charge in [-0.05, 0) is 23.3 Å². The van der Waals surface area contributed by atoms with Crippen molar-refractivity contribution in [3.05, 3.63) is 126 Å². The van der Waals surface area contributed by atoms with E-state index in [9.17, 15) is 4.79 Å². The first-order chi connectivity index (χ1) is 14.7. The fourth-order valence-corrected chi connectivity index (χ4v) is 4.89. The fraction of sp³-hybridized carbons (Fsp3) is 0.0417. The van der Waals surface area contributed by atoms with Gasteiger partial charge >= 0.3 is 0 Å². The fourth-order valence-electron chi connectivity index (χ4n) is 3.56. The molecule has 1 atom stereocenters. The number of halogens is 1. The molecule has 4 nitrogen and oxygen atoms in total. The van der Waals surface area contributed by atoms with Crippen LogP contribution in [-0.2, 0) is 0 Å². The zero-order valence-electron chi connectivity index (χ0n) is 15.8. The molecule has 1 aromatic heterocycles. The predicted molar refractivity (Wildman–Crippen MR) is 125 cm³/mol. The van der Waals surface area contributed by atoms with E-state index in [0.29, 0.717) is 9.33 Å². The van der Waals surface area contributed by atoms with Gasteiger partial charge < -0.3 is 0 Å². The first kappa shape index (κ1) is 18.9. The lowest BCUT2D eigenvalue weighted by Gasteiger charge is -2.22. The maximum Gasteiger partial charge on any atom is 0.271 e. The van der Waals surface area contributed by atoms with E-state index in [-0.39, 0.29) is 11.6 Å². The Kier molecular flexibility index (Phi) is 5.02. The largest absolute Gasteiger partial charge is 0.271 e. The van der Waals surface area contributed by atoms with Crippen LogP contribution in [0, 0.1) is 0 Å². The van der Waals surface area contributed by atoms with Crippen molar-refractivity contribution in [1.82, 2.24) is 4.57 Å². The van der Waals surface area contributed by atoms with E-state index in [1.54, 1.807) is 4.57 Å². The summed E-state index contributed by atoms with van der Waals surface area (Å²) in [5.41, 5.74) is 3.61. The van der Waals surface area contributed by atoms with Crippen LogP contribution in [0.15, 0.2) is 104 Å². The lowest BCUT2D eigenvalue weighted by atomic mass is 9.96. The third-order valence-corrected chi connectivity index (χ3v) is 6.67. The molecular formula is C24H16BrN3OS. The number of rotatable bonds is 3. The Morgan fingerprint density at radius 3 is 2.27 bits per heavy atom. The quantitative estimate of drug-likeness (QED) is 0.441. The molecule has 3 aromatic carbocycles. The third-order valence-electron chi connectivity index (χ3n) is 4.97. The molecule has 146 valence electrons. The first-order valence-corrected chi connectivity index (χ1v) is 11.1. The van der Waals surface area contributed by atoms with Crippen molar-refractivity contribution in [3.63, 3.8) is 0 Å². The number of hydrogen-bond acceptors (Lipinski definition) is 4. The SMILES string of the molecule is O=c1/c(=C\c2ccccc2Br)sc2n1[C@@H](c1ccccc1)C(c1ccccc1)=NN=2. The molecule has 30 heavy (non-hydrogen) atoms. The minimum absolute atomic E-state index is 0.0633. The van der Waals surface area contributed by atoms with Crippen molar-refractivity contribution < 1.29 is 0 Å². The summed E-state index contributed by atoms with van der Waals surface area (Å²) in [5, 5.41) is 8.96. The van der Waals surface area contributed by atoms with Gasteiger partial charge in [0.1, 0.15) is 6.04 Å². The highest BCUT2D eigenvalue weighted by molar-refractivity contribution is 9.10. The highest BCUT2D eigenvalue weighted by Crippen LogP contribution is 2.24. The zero-order valence-corrected chi connectivity index (χ0v) is 18.2. The summed E-state index contributed by atoms with van der Waals surface area (Å²) >= 11 is 4.92. The molecule has 0 aliphatic carbocycles. The molecule has 6 heteroatoms. The molecule has 0 amide bonds. The van der Waals surface area contributed by atoms with Gasteiger partial charge in [0.05, 0.1) is 10.2 Å². The molecule has 1 aliphatic rings. The average molecular weight is 474 g/mol. The molecule has 1 aliphatic heterocycles. The molecule has 0 saturated carbocycles. The van der Waals surface area contributed by atoms with Gasteiger partial charge in [-0.15, -0.1) is 10.2 Å². The van der Waals surface area contributed by atoms with E-state index in [0.717, 1.165) is 26.9 Å². The van der Waals surface area contributed by atoms with Crippen molar-refractivity contribution >= 4 is 39.1 Å². The Morgan fingerprint density at radius 2 is 1.53 bits per heavy atom. The van der Waals surface area contributed by atoms with Crippen LogP contribution in [0.2, 0.25) is 0 Å². The van der Waals surface area contributed by atoms with E-state index in [2.05, 4.69) is 26.1 Å². The molecule has 0 unspecified atom stereocenters. The summed E-state index contributed by atoms with van der Waals surface area (Å²) < 4.78 is 3.34. The van der Waals surface area contributed by atoms with Gasteiger partial charge in [0.25, 0.3) is 5.56 Å². The molecule has 0 bridgehead atoms. The maximum absolute atomic E-state index is 13.5. The second kappa shape index (κ2) is 7.97. The summed E-state index contributed by atoms with van der Waals surface area (Å²) in [7, 11) is 0. The molecule has 0 spiro atoms. The number of thiazole rings is 1. The predicted octanol–water partition coefficient (Wildman–Crippen LogP) is 4.13. The Morgan fingerprint density at radius 1 is 0.867 bits per heavy atom. The Hall–Kier alpha value is -3.09. The van der Waals surface area contributed by atoms with Gasteiger partial charge in [-0.2, -0.15) is 0 Å².